The first-order valence-electron chi connectivity index (χ1n) is 7.07. The highest BCUT2D eigenvalue weighted by molar-refractivity contribution is 7.80. The molecule has 2 rings (SSSR count). The summed E-state index contributed by atoms with van der Waals surface area (Å²) in [5.74, 6) is -0.0653. The number of nitrogens with zero attached hydrogens (tertiary/aromatic N) is 1. The molecule has 108 valence electrons. The molecule has 0 aliphatic carbocycles. The standard InChI is InChI=1S/C15H21N3OS/c16-14(20)12-5-3-6-13(11-12)15(19)17-7-4-10-18-8-1-2-9-18/h3,5-6,11H,1-2,4,7-10H2,(H2,16,20)(H,17,19). The van der Waals surface area contributed by atoms with Crippen molar-refractivity contribution in [1.29, 1.82) is 0 Å². The smallest absolute Gasteiger partial charge is 0.251 e. The summed E-state index contributed by atoms with van der Waals surface area (Å²) < 4.78 is 0. The quantitative estimate of drug-likeness (QED) is 0.616. The maximum atomic E-state index is 12.0. The third kappa shape index (κ3) is 4.28. The Morgan fingerprint density at radius 3 is 2.70 bits per heavy atom. The molecule has 4 nitrogen and oxygen atoms in total. The molecule has 0 spiro atoms. The van der Waals surface area contributed by atoms with Crippen LogP contribution in [0.5, 0.6) is 0 Å². The van der Waals surface area contributed by atoms with Gasteiger partial charge in [0.1, 0.15) is 4.99 Å². The highest BCUT2D eigenvalue weighted by Gasteiger charge is 2.11. The summed E-state index contributed by atoms with van der Waals surface area (Å²) in [6.07, 6.45) is 3.59. The lowest BCUT2D eigenvalue weighted by molar-refractivity contribution is 0.0952. The minimum absolute atomic E-state index is 0.0653. The van der Waals surface area contributed by atoms with Crippen molar-refractivity contribution in [3.63, 3.8) is 0 Å². The van der Waals surface area contributed by atoms with E-state index in [9.17, 15) is 4.79 Å². The van der Waals surface area contributed by atoms with Crippen molar-refractivity contribution in [2.75, 3.05) is 26.2 Å². The highest BCUT2D eigenvalue weighted by Crippen LogP contribution is 2.07. The van der Waals surface area contributed by atoms with Gasteiger partial charge in [-0.05, 0) is 51.0 Å². The molecule has 0 bridgehead atoms. The van der Waals surface area contributed by atoms with Gasteiger partial charge in [0.2, 0.25) is 0 Å². The normalized spacial score (nSPS) is 15.2. The molecule has 0 atom stereocenters. The van der Waals surface area contributed by atoms with Gasteiger partial charge in [0.05, 0.1) is 0 Å². The maximum Gasteiger partial charge on any atom is 0.251 e. The maximum absolute atomic E-state index is 12.0. The number of carbonyl (C=O) groups excluding carboxylic acids is 1. The number of amides is 1. The van der Waals surface area contributed by atoms with E-state index in [-0.39, 0.29) is 5.91 Å². The highest BCUT2D eigenvalue weighted by atomic mass is 32.1. The Balaban J connectivity index is 1.76. The second-order valence-electron chi connectivity index (χ2n) is 5.10. The van der Waals surface area contributed by atoms with Gasteiger partial charge < -0.3 is 16.0 Å². The lowest BCUT2D eigenvalue weighted by atomic mass is 10.1. The molecular weight excluding hydrogens is 270 g/mol. The minimum atomic E-state index is -0.0653. The van der Waals surface area contributed by atoms with Crippen LogP contribution in [0.3, 0.4) is 0 Å². The summed E-state index contributed by atoms with van der Waals surface area (Å²) in [7, 11) is 0. The van der Waals surface area contributed by atoms with Gasteiger partial charge in [-0.1, -0.05) is 24.4 Å². The molecule has 20 heavy (non-hydrogen) atoms. The van der Waals surface area contributed by atoms with Crippen LogP contribution in [-0.2, 0) is 0 Å². The number of carbonyl (C=O) groups is 1. The van der Waals surface area contributed by atoms with Gasteiger partial charge in [-0.15, -0.1) is 0 Å². The predicted molar refractivity (Wildman–Crippen MR) is 85.0 cm³/mol. The topological polar surface area (TPSA) is 58.4 Å². The Morgan fingerprint density at radius 1 is 1.30 bits per heavy atom. The third-order valence-electron chi connectivity index (χ3n) is 3.54. The first kappa shape index (κ1) is 14.9. The molecule has 1 saturated heterocycles. The molecule has 1 aromatic carbocycles. The second kappa shape index (κ2) is 7.36. The molecule has 0 aromatic heterocycles. The van der Waals surface area contributed by atoms with Crippen molar-refractivity contribution in [3.8, 4) is 0 Å². The van der Waals surface area contributed by atoms with Crippen LogP contribution >= 0.6 is 12.2 Å². The largest absolute Gasteiger partial charge is 0.389 e. The summed E-state index contributed by atoms with van der Waals surface area (Å²) in [5.41, 5.74) is 6.90. The van der Waals surface area contributed by atoms with Crippen molar-refractivity contribution in [2.45, 2.75) is 19.3 Å². The second-order valence-corrected chi connectivity index (χ2v) is 5.54. The van der Waals surface area contributed by atoms with Gasteiger partial charge in [-0.3, -0.25) is 4.79 Å². The van der Waals surface area contributed by atoms with Crippen LogP contribution in [0.1, 0.15) is 35.2 Å². The molecule has 1 heterocycles. The summed E-state index contributed by atoms with van der Waals surface area (Å²) >= 11 is 4.92. The van der Waals surface area contributed by atoms with Gasteiger partial charge in [0, 0.05) is 17.7 Å². The van der Waals surface area contributed by atoms with Gasteiger partial charge in [-0.2, -0.15) is 0 Å². The molecule has 1 amide bonds. The average Bonchev–Trinajstić information content (AvgIpc) is 2.96. The molecule has 1 aliphatic heterocycles. The van der Waals surface area contributed by atoms with E-state index in [1.165, 1.54) is 25.9 Å². The molecule has 0 unspecified atom stereocenters. The Labute approximate surface area is 125 Å². The number of likely N-dealkylation sites (tertiary alicyclic amines) is 1. The lowest BCUT2D eigenvalue weighted by Crippen LogP contribution is -2.28. The first-order valence-corrected chi connectivity index (χ1v) is 7.48. The number of thiocarbonyl (C=S) groups is 1. The van der Waals surface area contributed by atoms with Crippen molar-refractivity contribution in [2.24, 2.45) is 5.73 Å². The fourth-order valence-corrected chi connectivity index (χ4v) is 2.55. The average molecular weight is 291 g/mol. The van der Waals surface area contributed by atoms with E-state index >= 15 is 0 Å². The SMILES string of the molecule is NC(=S)c1cccc(C(=O)NCCCN2CCCC2)c1. The van der Waals surface area contributed by atoms with Crippen LogP contribution in [-0.4, -0.2) is 42.0 Å². The fraction of sp³-hybridized carbons (Fsp3) is 0.467. The Hall–Kier alpha value is -1.46. The molecule has 1 aliphatic rings. The molecule has 1 fully saturated rings. The van der Waals surface area contributed by atoms with E-state index in [1.54, 1.807) is 18.2 Å². The number of nitrogens with one attached hydrogen (secondary N) is 1. The Bertz CT molecular complexity index is 484. The van der Waals surface area contributed by atoms with Crippen LogP contribution < -0.4 is 11.1 Å². The van der Waals surface area contributed by atoms with Crippen LogP contribution in [0, 0.1) is 0 Å². The number of hydrogen-bond acceptors (Lipinski definition) is 3. The molecule has 0 saturated carbocycles. The van der Waals surface area contributed by atoms with Gasteiger partial charge in [-0.25, -0.2) is 0 Å². The Kier molecular flexibility index (Phi) is 5.49. The van der Waals surface area contributed by atoms with E-state index in [0.29, 0.717) is 17.1 Å². The van der Waals surface area contributed by atoms with Crippen LogP contribution in [0.2, 0.25) is 0 Å². The predicted octanol–water partition coefficient (Wildman–Crippen LogP) is 1.54. The number of hydrogen-bond donors (Lipinski definition) is 2. The van der Waals surface area contributed by atoms with Crippen molar-refractivity contribution >= 4 is 23.1 Å². The van der Waals surface area contributed by atoms with Crippen LogP contribution in [0.25, 0.3) is 0 Å². The summed E-state index contributed by atoms with van der Waals surface area (Å²) in [6.45, 7) is 4.16. The van der Waals surface area contributed by atoms with Crippen LogP contribution in [0.15, 0.2) is 24.3 Å². The Morgan fingerprint density at radius 2 is 2.00 bits per heavy atom. The van der Waals surface area contributed by atoms with Crippen molar-refractivity contribution in [1.82, 2.24) is 10.2 Å². The summed E-state index contributed by atoms with van der Waals surface area (Å²) in [6, 6.07) is 7.12. The summed E-state index contributed by atoms with van der Waals surface area (Å²) in [4.78, 5) is 14.8. The molecule has 0 radical (unpaired) electrons. The zero-order chi connectivity index (χ0) is 14.4. The first-order chi connectivity index (χ1) is 9.66. The number of nitrogens with two attached hydrogens (primary N) is 1. The zero-order valence-electron chi connectivity index (χ0n) is 11.6. The number of rotatable bonds is 6. The molecular formula is C15H21N3OS. The summed E-state index contributed by atoms with van der Waals surface area (Å²) in [5, 5.41) is 2.94. The molecule has 3 N–H and O–H groups in total. The zero-order valence-corrected chi connectivity index (χ0v) is 12.4. The van der Waals surface area contributed by atoms with Crippen molar-refractivity contribution < 1.29 is 4.79 Å². The molecule has 5 heteroatoms. The van der Waals surface area contributed by atoms with E-state index in [1.807, 2.05) is 6.07 Å². The van der Waals surface area contributed by atoms with E-state index in [0.717, 1.165) is 18.5 Å². The van der Waals surface area contributed by atoms with Gasteiger partial charge in [0.15, 0.2) is 0 Å². The van der Waals surface area contributed by atoms with Crippen LogP contribution in [0.4, 0.5) is 0 Å². The number of benzene rings is 1. The van der Waals surface area contributed by atoms with E-state index in [2.05, 4.69) is 10.2 Å². The minimum Gasteiger partial charge on any atom is -0.389 e. The van der Waals surface area contributed by atoms with Gasteiger partial charge in [0.25, 0.3) is 5.91 Å². The fourth-order valence-electron chi connectivity index (χ4n) is 2.43. The van der Waals surface area contributed by atoms with Crippen molar-refractivity contribution in [3.05, 3.63) is 35.4 Å². The lowest BCUT2D eigenvalue weighted by Gasteiger charge is -2.14. The van der Waals surface area contributed by atoms with E-state index in [4.69, 9.17) is 18.0 Å². The third-order valence-corrected chi connectivity index (χ3v) is 3.78. The van der Waals surface area contributed by atoms with E-state index < -0.39 is 0 Å². The van der Waals surface area contributed by atoms with Gasteiger partial charge >= 0.3 is 0 Å². The molecule has 1 aromatic rings. The monoisotopic (exact) mass is 291 g/mol.